The van der Waals surface area contributed by atoms with Gasteiger partial charge in [-0.2, -0.15) is 13.2 Å². The van der Waals surface area contributed by atoms with Gasteiger partial charge in [0.25, 0.3) is 0 Å². The van der Waals surface area contributed by atoms with Gasteiger partial charge in [0, 0.05) is 31.6 Å². The zero-order valence-electron chi connectivity index (χ0n) is 12.0. The molecule has 1 rings (SSSR count). The summed E-state index contributed by atoms with van der Waals surface area (Å²) in [5, 5.41) is 0. The molecule has 1 heterocycles. The van der Waals surface area contributed by atoms with Crippen molar-refractivity contribution in [2.45, 2.75) is 64.0 Å². The summed E-state index contributed by atoms with van der Waals surface area (Å²) in [7, 11) is 0. The fourth-order valence-electron chi connectivity index (χ4n) is 2.68. The van der Waals surface area contributed by atoms with Crippen LogP contribution < -0.4 is 5.73 Å². The summed E-state index contributed by atoms with van der Waals surface area (Å²) in [6, 6.07) is 0. The van der Waals surface area contributed by atoms with Crippen molar-refractivity contribution in [3.8, 4) is 0 Å². The molecule has 0 aromatic rings. The minimum atomic E-state index is -4.08. The molecule has 19 heavy (non-hydrogen) atoms. The van der Waals surface area contributed by atoms with Crippen molar-refractivity contribution in [2.75, 3.05) is 19.6 Å². The van der Waals surface area contributed by atoms with Crippen LogP contribution in [0.5, 0.6) is 0 Å². The second-order valence-corrected chi connectivity index (χ2v) is 5.83. The van der Waals surface area contributed by atoms with E-state index < -0.39 is 12.6 Å². The van der Waals surface area contributed by atoms with Crippen molar-refractivity contribution in [1.29, 1.82) is 0 Å². The summed E-state index contributed by atoms with van der Waals surface area (Å²) in [6.45, 7) is 7.73. The SMILES string of the molecule is C[C@@H]1CN(C(C)(CN)CCCC(F)(F)F)C[C@H](C)O1. The maximum Gasteiger partial charge on any atom is 0.389 e. The summed E-state index contributed by atoms with van der Waals surface area (Å²) in [4.78, 5) is 2.18. The number of ether oxygens (including phenoxy) is 1. The standard InChI is InChI=1S/C13H25F3N2O/c1-10-7-18(8-11(2)19-10)12(3,9-17)5-4-6-13(14,15)16/h10-11H,4-9,17H2,1-3H3/t10-,11+,12?. The molecule has 1 aliphatic heterocycles. The van der Waals surface area contributed by atoms with Gasteiger partial charge in [-0.25, -0.2) is 0 Å². The third kappa shape index (κ3) is 5.28. The summed E-state index contributed by atoms with van der Waals surface area (Å²) < 4.78 is 42.4. The highest BCUT2D eigenvalue weighted by Crippen LogP contribution is 2.29. The normalized spacial score (nSPS) is 29.2. The third-order valence-corrected chi connectivity index (χ3v) is 3.80. The van der Waals surface area contributed by atoms with Gasteiger partial charge in [0.2, 0.25) is 0 Å². The second kappa shape index (κ2) is 6.41. The van der Waals surface area contributed by atoms with Gasteiger partial charge in [0.05, 0.1) is 12.2 Å². The van der Waals surface area contributed by atoms with Gasteiger partial charge in [0.15, 0.2) is 0 Å². The van der Waals surface area contributed by atoms with E-state index in [0.717, 1.165) is 13.1 Å². The zero-order valence-corrected chi connectivity index (χ0v) is 12.0. The number of morpholine rings is 1. The average molecular weight is 282 g/mol. The number of halogens is 3. The molecule has 114 valence electrons. The van der Waals surface area contributed by atoms with Crippen LogP contribution in [0, 0.1) is 0 Å². The van der Waals surface area contributed by atoms with Gasteiger partial charge in [-0.3, -0.25) is 4.90 Å². The van der Waals surface area contributed by atoms with Gasteiger partial charge >= 0.3 is 6.18 Å². The Morgan fingerprint density at radius 1 is 1.16 bits per heavy atom. The predicted octanol–water partition coefficient (Wildman–Crippen LogP) is 2.55. The van der Waals surface area contributed by atoms with Gasteiger partial charge < -0.3 is 10.5 Å². The van der Waals surface area contributed by atoms with E-state index in [1.165, 1.54) is 0 Å². The van der Waals surface area contributed by atoms with E-state index >= 15 is 0 Å². The lowest BCUT2D eigenvalue weighted by Crippen LogP contribution is -2.59. The van der Waals surface area contributed by atoms with Gasteiger partial charge in [0.1, 0.15) is 0 Å². The predicted molar refractivity (Wildman–Crippen MR) is 68.9 cm³/mol. The Bertz CT molecular complexity index is 276. The minimum absolute atomic E-state index is 0.0947. The Morgan fingerprint density at radius 3 is 2.11 bits per heavy atom. The van der Waals surface area contributed by atoms with Gasteiger partial charge in [-0.15, -0.1) is 0 Å². The Labute approximate surface area is 113 Å². The molecule has 3 atom stereocenters. The van der Waals surface area contributed by atoms with Crippen molar-refractivity contribution >= 4 is 0 Å². The van der Waals surface area contributed by atoms with E-state index in [0.29, 0.717) is 13.0 Å². The molecule has 0 saturated carbocycles. The number of rotatable bonds is 5. The molecule has 0 spiro atoms. The molecule has 0 aromatic heterocycles. The van der Waals surface area contributed by atoms with Crippen LogP contribution >= 0.6 is 0 Å². The Hall–Kier alpha value is -0.330. The largest absolute Gasteiger partial charge is 0.389 e. The lowest BCUT2D eigenvalue weighted by atomic mass is 9.91. The van der Waals surface area contributed by atoms with Crippen LogP contribution in [0.4, 0.5) is 13.2 Å². The van der Waals surface area contributed by atoms with E-state index in [1.54, 1.807) is 0 Å². The lowest BCUT2D eigenvalue weighted by molar-refractivity contribution is -0.139. The molecule has 2 N–H and O–H groups in total. The molecule has 6 heteroatoms. The van der Waals surface area contributed by atoms with Crippen molar-refractivity contribution < 1.29 is 17.9 Å². The fraction of sp³-hybridized carbons (Fsp3) is 1.00. The van der Waals surface area contributed by atoms with Crippen LogP contribution in [0.25, 0.3) is 0 Å². The molecule has 0 radical (unpaired) electrons. The molecule has 1 aliphatic rings. The molecule has 1 unspecified atom stereocenters. The molecule has 1 saturated heterocycles. The van der Waals surface area contributed by atoms with E-state index in [2.05, 4.69) is 4.90 Å². The molecular formula is C13H25F3N2O. The maximum absolute atomic E-state index is 12.2. The van der Waals surface area contributed by atoms with E-state index in [9.17, 15) is 13.2 Å². The van der Waals surface area contributed by atoms with E-state index in [-0.39, 0.29) is 24.2 Å². The summed E-state index contributed by atoms with van der Waals surface area (Å²) in [6.07, 6.45) is -4.05. The molecular weight excluding hydrogens is 257 g/mol. The van der Waals surface area contributed by atoms with Crippen LogP contribution in [-0.2, 0) is 4.74 Å². The van der Waals surface area contributed by atoms with Crippen molar-refractivity contribution in [1.82, 2.24) is 4.90 Å². The van der Waals surface area contributed by atoms with E-state index in [4.69, 9.17) is 10.5 Å². The van der Waals surface area contributed by atoms with Gasteiger partial charge in [-0.1, -0.05) is 0 Å². The monoisotopic (exact) mass is 282 g/mol. The molecule has 0 aromatic carbocycles. The summed E-state index contributed by atoms with van der Waals surface area (Å²) in [5.41, 5.74) is 5.44. The Balaban J connectivity index is 2.58. The van der Waals surface area contributed by atoms with Crippen LogP contribution in [0.2, 0.25) is 0 Å². The van der Waals surface area contributed by atoms with Crippen LogP contribution in [0.15, 0.2) is 0 Å². The highest BCUT2D eigenvalue weighted by atomic mass is 19.4. The smallest absolute Gasteiger partial charge is 0.373 e. The van der Waals surface area contributed by atoms with Crippen molar-refractivity contribution in [2.24, 2.45) is 5.73 Å². The van der Waals surface area contributed by atoms with Crippen LogP contribution in [-0.4, -0.2) is 48.5 Å². The average Bonchev–Trinajstić information content (AvgIpc) is 2.25. The summed E-state index contributed by atoms with van der Waals surface area (Å²) >= 11 is 0. The Morgan fingerprint density at radius 2 is 1.68 bits per heavy atom. The summed E-state index contributed by atoms with van der Waals surface area (Å²) in [5.74, 6) is 0. The zero-order chi connectivity index (χ0) is 14.7. The number of alkyl halides is 3. The van der Waals surface area contributed by atoms with Crippen LogP contribution in [0.3, 0.4) is 0 Å². The van der Waals surface area contributed by atoms with Crippen LogP contribution in [0.1, 0.15) is 40.0 Å². The first-order valence-corrected chi connectivity index (χ1v) is 6.83. The topological polar surface area (TPSA) is 38.5 Å². The molecule has 0 amide bonds. The third-order valence-electron chi connectivity index (χ3n) is 3.80. The number of hydrogen-bond acceptors (Lipinski definition) is 3. The van der Waals surface area contributed by atoms with Gasteiger partial charge in [-0.05, 0) is 33.6 Å². The molecule has 0 aliphatic carbocycles. The first-order chi connectivity index (χ1) is 8.66. The maximum atomic E-state index is 12.2. The number of nitrogens with two attached hydrogens (primary N) is 1. The molecule has 3 nitrogen and oxygen atoms in total. The number of nitrogens with zero attached hydrogens (tertiary/aromatic N) is 1. The molecule has 0 bridgehead atoms. The van der Waals surface area contributed by atoms with Crippen molar-refractivity contribution in [3.05, 3.63) is 0 Å². The first kappa shape index (κ1) is 16.7. The first-order valence-electron chi connectivity index (χ1n) is 6.83. The quantitative estimate of drug-likeness (QED) is 0.842. The fourth-order valence-corrected chi connectivity index (χ4v) is 2.68. The lowest BCUT2D eigenvalue weighted by Gasteiger charge is -2.46. The number of hydrogen-bond donors (Lipinski definition) is 1. The second-order valence-electron chi connectivity index (χ2n) is 5.83. The highest BCUT2D eigenvalue weighted by Gasteiger charge is 2.36. The van der Waals surface area contributed by atoms with E-state index in [1.807, 2.05) is 20.8 Å². The van der Waals surface area contributed by atoms with Crippen molar-refractivity contribution in [3.63, 3.8) is 0 Å². The highest BCUT2D eigenvalue weighted by molar-refractivity contribution is 4.91. The molecule has 1 fully saturated rings. The Kier molecular flexibility index (Phi) is 5.65. The minimum Gasteiger partial charge on any atom is -0.373 e.